The zero-order valence-electron chi connectivity index (χ0n) is 12.4. The Morgan fingerprint density at radius 2 is 2.11 bits per heavy atom. The van der Waals surface area contributed by atoms with Gasteiger partial charge in [-0.15, -0.1) is 0 Å². The summed E-state index contributed by atoms with van der Waals surface area (Å²) in [6.07, 6.45) is 1.83. The van der Waals surface area contributed by atoms with Crippen molar-refractivity contribution in [3.05, 3.63) is 22.8 Å². The van der Waals surface area contributed by atoms with Crippen LogP contribution in [0.5, 0.6) is 0 Å². The molecular weight excluding hydrogens is 262 g/mol. The molecule has 1 aromatic heterocycles. The SMILES string of the molecule is COC(C)CNc1cc(CNC(C)(C)C)c(Cl)cn1. The van der Waals surface area contributed by atoms with E-state index in [1.807, 2.05) is 13.0 Å². The number of nitrogens with zero attached hydrogens (tertiary/aromatic N) is 1. The Morgan fingerprint density at radius 1 is 1.42 bits per heavy atom. The molecule has 0 aliphatic carbocycles. The van der Waals surface area contributed by atoms with Crippen LogP contribution in [0.4, 0.5) is 5.82 Å². The third-order valence-corrected chi connectivity index (χ3v) is 3.06. The van der Waals surface area contributed by atoms with Crippen LogP contribution in [0.3, 0.4) is 0 Å². The van der Waals surface area contributed by atoms with Crippen molar-refractivity contribution in [3.8, 4) is 0 Å². The van der Waals surface area contributed by atoms with Crippen LogP contribution < -0.4 is 10.6 Å². The fourth-order valence-electron chi connectivity index (χ4n) is 1.40. The van der Waals surface area contributed by atoms with Gasteiger partial charge in [0.2, 0.25) is 0 Å². The molecule has 0 aliphatic heterocycles. The number of hydrogen-bond donors (Lipinski definition) is 2. The summed E-state index contributed by atoms with van der Waals surface area (Å²) < 4.78 is 5.19. The number of pyridine rings is 1. The highest BCUT2D eigenvalue weighted by Gasteiger charge is 2.11. The van der Waals surface area contributed by atoms with Crippen molar-refractivity contribution >= 4 is 17.4 Å². The molecule has 0 aliphatic rings. The minimum Gasteiger partial charge on any atom is -0.380 e. The van der Waals surface area contributed by atoms with E-state index in [1.165, 1.54) is 0 Å². The molecular formula is C14H24ClN3O. The first-order valence-corrected chi connectivity index (χ1v) is 6.85. The third-order valence-electron chi connectivity index (χ3n) is 2.72. The molecule has 1 rings (SSSR count). The molecule has 0 aromatic carbocycles. The molecule has 1 heterocycles. The van der Waals surface area contributed by atoms with Crippen molar-refractivity contribution in [2.45, 2.75) is 45.9 Å². The minimum atomic E-state index is 0.0603. The second-order valence-corrected chi connectivity index (χ2v) is 6.10. The van der Waals surface area contributed by atoms with E-state index in [2.05, 4.69) is 36.4 Å². The van der Waals surface area contributed by atoms with Gasteiger partial charge in [-0.2, -0.15) is 0 Å². The summed E-state index contributed by atoms with van der Waals surface area (Å²) in [4.78, 5) is 4.26. The molecule has 0 spiro atoms. The number of anilines is 1. The molecule has 4 nitrogen and oxygen atoms in total. The lowest BCUT2D eigenvalue weighted by molar-refractivity contribution is 0.128. The molecule has 5 heteroatoms. The molecule has 1 aromatic rings. The van der Waals surface area contributed by atoms with Crippen LogP contribution in [0.15, 0.2) is 12.3 Å². The third kappa shape index (κ3) is 6.23. The predicted octanol–water partition coefficient (Wildman–Crippen LogP) is 3.07. The van der Waals surface area contributed by atoms with E-state index < -0.39 is 0 Å². The quantitative estimate of drug-likeness (QED) is 0.843. The predicted molar refractivity (Wildman–Crippen MR) is 80.8 cm³/mol. The number of rotatable bonds is 6. The molecule has 0 saturated carbocycles. The zero-order valence-corrected chi connectivity index (χ0v) is 13.1. The molecule has 0 radical (unpaired) electrons. The van der Waals surface area contributed by atoms with Gasteiger partial charge in [-0.05, 0) is 39.3 Å². The first-order chi connectivity index (χ1) is 8.81. The normalized spacial score (nSPS) is 13.4. The Kier molecular flexibility index (Phi) is 6.04. The molecule has 0 saturated heterocycles. The van der Waals surface area contributed by atoms with Gasteiger partial charge in [0, 0.05) is 31.9 Å². The molecule has 0 amide bonds. The van der Waals surface area contributed by atoms with Crippen molar-refractivity contribution in [3.63, 3.8) is 0 Å². The zero-order chi connectivity index (χ0) is 14.5. The topological polar surface area (TPSA) is 46.2 Å². The highest BCUT2D eigenvalue weighted by molar-refractivity contribution is 6.31. The van der Waals surface area contributed by atoms with E-state index in [-0.39, 0.29) is 11.6 Å². The fraction of sp³-hybridized carbons (Fsp3) is 0.643. The van der Waals surface area contributed by atoms with E-state index in [1.54, 1.807) is 13.3 Å². The standard InChI is InChI=1S/C14H24ClN3O/c1-10(19-5)7-16-13-6-11(12(15)9-17-13)8-18-14(2,3)4/h6,9-10,18H,7-8H2,1-5H3,(H,16,17). The Bertz CT molecular complexity index is 404. The summed E-state index contributed by atoms with van der Waals surface area (Å²) in [5.41, 5.74) is 1.10. The van der Waals surface area contributed by atoms with E-state index >= 15 is 0 Å². The van der Waals surface area contributed by atoms with E-state index in [9.17, 15) is 0 Å². The number of hydrogen-bond acceptors (Lipinski definition) is 4. The van der Waals surface area contributed by atoms with Crippen LogP contribution in [0, 0.1) is 0 Å². The average molecular weight is 286 g/mol. The summed E-state index contributed by atoms with van der Waals surface area (Å²) >= 11 is 6.16. The van der Waals surface area contributed by atoms with Gasteiger partial charge in [0.05, 0.1) is 11.1 Å². The summed E-state index contributed by atoms with van der Waals surface area (Å²) in [5, 5.41) is 7.34. The number of ether oxygens (including phenoxy) is 1. The largest absolute Gasteiger partial charge is 0.380 e. The molecule has 0 bridgehead atoms. The number of aromatic nitrogens is 1. The Morgan fingerprint density at radius 3 is 2.68 bits per heavy atom. The maximum absolute atomic E-state index is 6.16. The Hall–Kier alpha value is -0.840. The smallest absolute Gasteiger partial charge is 0.126 e. The van der Waals surface area contributed by atoms with Crippen molar-refractivity contribution in [2.75, 3.05) is 19.0 Å². The summed E-state index contributed by atoms with van der Waals surface area (Å²) in [6, 6.07) is 1.98. The first kappa shape index (κ1) is 16.2. The number of halogens is 1. The molecule has 1 unspecified atom stereocenters. The van der Waals surface area contributed by atoms with Crippen molar-refractivity contribution in [2.24, 2.45) is 0 Å². The maximum Gasteiger partial charge on any atom is 0.126 e. The van der Waals surface area contributed by atoms with Gasteiger partial charge in [0.15, 0.2) is 0 Å². The molecule has 1 atom stereocenters. The van der Waals surface area contributed by atoms with Crippen molar-refractivity contribution in [1.82, 2.24) is 10.3 Å². The Labute approximate surface area is 120 Å². The lowest BCUT2D eigenvalue weighted by Crippen LogP contribution is -2.35. The van der Waals surface area contributed by atoms with Gasteiger partial charge in [-0.1, -0.05) is 11.6 Å². The summed E-state index contributed by atoms with van der Waals surface area (Å²) in [7, 11) is 1.69. The number of methoxy groups -OCH3 is 1. The van der Waals surface area contributed by atoms with Gasteiger partial charge >= 0.3 is 0 Å². The molecule has 0 fully saturated rings. The second kappa shape index (κ2) is 7.08. The minimum absolute atomic E-state index is 0.0603. The summed E-state index contributed by atoms with van der Waals surface area (Å²) in [5.74, 6) is 0.819. The van der Waals surface area contributed by atoms with Crippen LogP contribution >= 0.6 is 11.6 Å². The monoisotopic (exact) mass is 285 g/mol. The van der Waals surface area contributed by atoms with E-state index in [0.717, 1.165) is 24.5 Å². The first-order valence-electron chi connectivity index (χ1n) is 6.48. The van der Waals surface area contributed by atoms with Crippen LogP contribution in [-0.2, 0) is 11.3 Å². The van der Waals surface area contributed by atoms with Crippen molar-refractivity contribution in [1.29, 1.82) is 0 Å². The van der Waals surface area contributed by atoms with E-state index in [4.69, 9.17) is 16.3 Å². The van der Waals surface area contributed by atoms with Gasteiger partial charge in [-0.25, -0.2) is 4.98 Å². The molecule has 108 valence electrons. The number of nitrogens with one attached hydrogen (secondary N) is 2. The average Bonchev–Trinajstić information content (AvgIpc) is 2.34. The lowest BCUT2D eigenvalue weighted by atomic mass is 10.1. The van der Waals surface area contributed by atoms with Gasteiger partial charge in [0.1, 0.15) is 5.82 Å². The highest BCUT2D eigenvalue weighted by atomic mass is 35.5. The lowest BCUT2D eigenvalue weighted by Gasteiger charge is -2.21. The van der Waals surface area contributed by atoms with Crippen LogP contribution in [-0.4, -0.2) is 30.3 Å². The van der Waals surface area contributed by atoms with Crippen molar-refractivity contribution < 1.29 is 4.74 Å². The van der Waals surface area contributed by atoms with Crippen LogP contribution in [0.1, 0.15) is 33.3 Å². The second-order valence-electron chi connectivity index (χ2n) is 5.69. The van der Waals surface area contributed by atoms with Crippen LogP contribution in [0.25, 0.3) is 0 Å². The molecule has 19 heavy (non-hydrogen) atoms. The highest BCUT2D eigenvalue weighted by Crippen LogP contribution is 2.18. The van der Waals surface area contributed by atoms with Crippen LogP contribution in [0.2, 0.25) is 5.02 Å². The van der Waals surface area contributed by atoms with E-state index in [0.29, 0.717) is 5.02 Å². The summed E-state index contributed by atoms with van der Waals surface area (Å²) in [6.45, 7) is 9.83. The molecule has 2 N–H and O–H groups in total. The van der Waals surface area contributed by atoms with Gasteiger partial charge < -0.3 is 15.4 Å². The fourth-order valence-corrected chi connectivity index (χ4v) is 1.57. The Balaban J connectivity index is 2.66. The van der Waals surface area contributed by atoms with Gasteiger partial charge in [-0.3, -0.25) is 0 Å². The van der Waals surface area contributed by atoms with Gasteiger partial charge in [0.25, 0.3) is 0 Å². The maximum atomic E-state index is 6.16.